The third-order valence-electron chi connectivity index (χ3n) is 4.39. The maximum Gasteiger partial charge on any atom is 0.249 e. The fourth-order valence-electron chi connectivity index (χ4n) is 2.91. The lowest BCUT2D eigenvalue weighted by molar-refractivity contribution is 0.0320. The van der Waals surface area contributed by atoms with Crippen molar-refractivity contribution in [3.63, 3.8) is 0 Å². The minimum absolute atomic E-state index is 0.491. The van der Waals surface area contributed by atoms with Gasteiger partial charge in [-0.3, -0.25) is 4.90 Å². The van der Waals surface area contributed by atoms with Crippen molar-refractivity contribution in [2.75, 3.05) is 39.5 Å². The van der Waals surface area contributed by atoms with E-state index in [1.165, 1.54) is 0 Å². The summed E-state index contributed by atoms with van der Waals surface area (Å²) in [6.07, 6.45) is 0. The number of hydrogen-bond donors (Lipinski definition) is 0. The zero-order valence-corrected chi connectivity index (χ0v) is 15.1. The van der Waals surface area contributed by atoms with Gasteiger partial charge in [-0.1, -0.05) is 36.3 Å². The Bertz CT molecular complexity index is 957. The topological polar surface area (TPSA) is 47.5 Å². The van der Waals surface area contributed by atoms with Gasteiger partial charge < -0.3 is 9.47 Å². The van der Waals surface area contributed by atoms with Gasteiger partial charge in [-0.25, -0.2) is 9.97 Å². The summed E-state index contributed by atoms with van der Waals surface area (Å²) in [5, 5.41) is 0. The number of aromatic nitrogens is 2. The lowest BCUT2D eigenvalue weighted by Crippen LogP contribution is -2.38. The van der Waals surface area contributed by atoms with Crippen LogP contribution in [0.3, 0.4) is 0 Å². The molecule has 5 nitrogen and oxygen atoms in total. The molecule has 27 heavy (non-hydrogen) atoms. The van der Waals surface area contributed by atoms with Crippen LogP contribution in [0.4, 0.5) is 0 Å². The van der Waals surface area contributed by atoms with Gasteiger partial charge in [-0.05, 0) is 30.2 Å². The molecule has 2 aromatic carbocycles. The highest BCUT2D eigenvalue weighted by Gasteiger charge is 2.12. The number of hydrogen-bond acceptors (Lipinski definition) is 5. The predicted octanol–water partition coefficient (Wildman–Crippen LogP) is 2.74. The van der Waals surface area contributed by atoms with E-state index in [1.54, 1.807) is 0 Å². The first kappa shape index (κ1) is 17.5. The van der Waals surface area contributed by atoms with Crippen molar-refractivity contribution in [1.29, 1.82) is 0 Å². The second kappa shape index (κ2) is 8.63. The fourth-order valence-corrected chi connectivity index (χ4v) is 2.91. The molecule has 0 atom stereocenters. The molecular weight excluding hydrogens is 338 g/mol. The Morgan fingerprint density at radius 1 is 0.889 bits per heavy atom. The van der Waals surface area contributed by atoms with E-state index in [-0.39, 0.29) is 0 Å². The van der Waals surface area contributed by atoms with Crippen LogP contribution in [0.5, 0.6) is 5.88 Å². The minimum atomic E-state index is 0.491. The second-order valence-electron chi connectivity index (χ2n) is 6.28. The van der Waals surface area contributed by atoms with E-state index in [0.717, 1.165) is 49.4 Å². The maximum absolute atomic E-state index is 5.98. The summed E-state index contributed by atoms with van der Waals surface area (Å²) in [5.74, 6) is 6.77. The summed E-state index contributed by atoms with van der Waals surface area (Å²) in [5.41, 5.74) is 3.13. The lowest BCUT2D eigenvalue weighted by Gasteiger charge is -2.26. The molecule has 1 aromatic heterocycles. The minimum Gasteiger partial charge on any atom is -0.474 e. The van der Waals surface area contributed by atoms with Crippen LogP contribution >= 0.6 is 0 Å². The SMILES string of the molecule is C(#Cc1nc2ccccc2nc1OCCN1CCOCC1)c1ccccc1. The van der Waals surface area contributed by atoms with E-state index < -0.39 is 0 Å². The molecule has 3 aromatic rings. The van der Waals surface area contributed by atoms with E-state index >= 15 is 0 Å². The molecule has 136 valence electrons. The smallest absolute Gasteiger partial charge is 0.249 e. The summed E-state index contributed by atoms with van der Waals surface area (Å²) >= 11 is 0. The zero-order valence-electron chi connectivity index (χ0n) is 15.1. The monoisotopic (exact) mass is 359 g/mol. The van der Waals surface area contributed by atoms with Gasteiger partial charge in [-0.15, -0.1) is 0 Å². The predicted molar refractivity (Wildman–Crippen MR) is 105 cm³/mol. The highest BCUT2D eigenvalue weighted by molar-refractivity contribution is 5.75. The number of rotatable bonds is 4. The maximum atomic E-state index is 5.98. The highest BCUT2D eigenvalue weighted by Crippen LogP contribution is 2.18. The quantitative estimate of drug-likeness (QED) is 0.671. The third-order valence-corrected chi connectivity index (χ3v) is 4.39. The van der Waals surface area contributed by atoms with Crippen molar-refractivity contribution in [3.05, 3.63) is 65.9 Å². The van der Waals surface area contributed by atoms with Gasteiger partial charge in [0, 0.05) is 25.2 Å². The van der Waals surface area contributed by atoms with Gasteiger partial charge in [0.15, 0.2) is 5.69 Å². The van der Waals surface area contributed by atoms with Crippen molar-refractivity contribution >= 4 is 11.0 Å². The molecule has 0 spiro atoms. The zero-order chi connectivity index (χ0) is 18.3. The van der Waals surface area contributed by atoms with Crippen molar-refractivity contribution < 1.29 is 9.47 Å². The first-order valence-corrected chi connectivity index (χ1v) is 9.15. The standard InChI is InChI=1S/C22H21N3O2/c1-2-6-18(7-3-1)10-11-21-22(24-20-9-5-4-8-19(20)23-21)27-17-14-25-12-15-26-16-13-25/h1-9H,12-17H2. The van der Waals surface area contributed by atoms with E-state index in [9.17, 15) is 0 Å². The van der Waals surface area contributed by atoms with E-state index in [1.807, 2.05) is 54.6 Å². The number of benzene rings is 2. The van der Waals surface area contributed by atoms with Crippen LogP contribution < -0.4 is 4.74 Å². The van der Waals surface area contributed by atoms with Crippen LogP contribution in [-0.4, -0.2) is 54.3 Å². The molecule has 0 saturated carbocycles. The summed E-state index contributed by atoms with van der Waals surface area (Å²) in [7, 11) is 0. The molecule has 5 heteroatoms. The molecular formula is C22H21N3O2. The number of para-hydroxylation sites is 2. The number of morpholine rings is 1. The van der Waals surface area contributed by atoms with Crippen molar-refractivity contribution in [2.45, 2.75) is 0 Å². The molecule has 0 unspecified atom stereocenters. The van der Waals surface area contributed by atoms with Crippen LogP contribution in [0.1, 0.15) is 11.3 Å². The Morgan fingerprint density at radius 2 is 1.59 bits per heavy atom. The summed E-state index contributed by atoms with van der Waals surface area (Å²) in [4.78, 5) is 11.6. The van der Waals surface area contributed by atoms with E-state index in [2.05, 4.69) is 26.7 Å². The van der Waals surface area contributed by atoms with Crippen LogP contribution in [-0.2, 0) is 4.74 Å². The largest absolute Gasteiger partial charge is 0.474 e. The Kier molecular flexibility index (Phi) is 5.58. The lowest BCUT2D eigenvalue weighted by atomic mass is 10.2. The Labute approximate surface area is 159 Å². The van der Waals surface area contributed by atoms with Crippen LogP contribution in [0.25, 0.3) is 11.0 Å². The average Bonchev–Trinajstić information content (AvgIpc) is 2.73. The molecule has 0 aliphatic carbocycles. The number of ether oxygens (including phenoxy) is 2. The molecule has 0 radical (unpaired) electrons. The summed E-state index contributed by atoms with van der Waals surface area (Å²) in [6, 6.07) is 17.6. The molecule has 0 amide bonds. The fraction of sp³-hybridized carbons (Fsp3) is 0.273. The van der Waals surface area contributed by atoms with Crippen LogP contribution in [0.2, 0.25) is 0 Å². The van der Waals surface area contributed by atoms with E-state index in [0.29, 0.717) is 18.2 Å². The Hall–Kier alpha value is -2.94. The third kappa shape index (κ3) is 4.62. The molecule has 2 heterocycles. The molecule has 4 rings (SSSR count). The van der Waals surface area contributed by atoms with Gasteiger partial charge in [0.05, 0.1) is 24.2 Å². The summed E-state index contributed by atoms with van der Waals surface area (Å²) in [6.45, 7) is 4.82. The van der Waals surface area contributed by atoms with Crippen molar-refractivity contribution in [3.8, 4) is 17.7 Å². The first-order valence-electron chi connectivity index (χ1n) is 9.15. The van der Waals surface area contributed by atoms with Gasteiger partial charge in [0.2, 0.25) is 5.88 Å². The van der Waals surface area contributed by atoms with Crippen LogP contribution in [0, 0.1) is 11.8 Å². The highest BCUT2D eigenvalue weighted by atomic mass is 16.5. The average molecular weight is 359 g/mol. The van der Waals surface area contributed by atoms with Crippen LogP contribution in [0.15, 0.2) is 54.6 Å². The molecule has 0 N–H and O–H groups in total. The normalized spacial score (nSPS) is 14.5. The summed E-state index contributed by atoms with van der Waals surface area (Å²) < 4.78 is 11.4. The van der Waals surface area contributed by atoms with Crippen molar-refractivity contribution in [2.24, 2.45) is 0 Å². The number of fused-ring (bicyclic) bond motifs is 1. The van der Waals surface area contributed by atoms with Gasteiger partial charge in [-0.2, -0.15) is 0 Å². The second-order valence-corrected chi connectivity index (χ2v) is 6.28. The molecule has 1 saturated heterocycles. The molecule has 0 bridgehead atoms. The number of nitrogens with zero attached hydrogens (tertiary/aromatic N) is 3. The van der Waals surface area contributed by atoms with E-state index in [4.69, 9.17) is 9.47 Å². The van der Waals surface area contributed by atoms with Crippen molar-refractivity contribution in [1.82, 2.24) is 14.9 Å². The Balaban J connectivity index is 1.56. The molecule has 1 aliphatic heterocycles. The Morgan fingerprint density at radius 3 is 2.37 bits per heavy atom. The van der Waals surface area contributed by atoms with Gasteiger partial charge in [0.1, 0.15) is 6.61 Å². The molecule has 1 fully saturated rings. The molecule has 1 aliphatic rings. The first-order chi connectivity index (χ1) is 13.4. The van der Waals surface area contributed by atoms with Gasteiger partial charge in [0.25, 0.3) is 0 Å². The van der Waals surface area contributed by atoms with Gasteiger partial charge >= 0.3 is 0 Å².